The summed E-state index contributed by atoms with van der Waals surface area (Å²) in [7, 11) is 0. The number of urea groups is 1. The third-order valence-electron chi connectivity index (χ3n) is 7.99. The summed E-state index contributed by atoms with van der Waals surface area (Å²) < 4.78 is 19.1. The highest BCUT2D eigenvalue weighted by molar-refractivity contribution is 5.92. The number of carbonyl (C=O) groups is 1. The lowest BCUT2D eigenvalue weighted by Gasteiger charge is -2.26. The van der Waals surface area contributed by atoms with Gasteiger partial charge in [-0.15, -0.1) is 0 Å². The van der Waals surface area contributed by atoms with Crippen LogP contribution in [0, 0.1) is 0 Å². The predicted molar refractivity (Wildman–Crippen MR) is 162 cm³/mol. The molecule has 1 saturated carbocycles. The number of aryl methyl sites for hydroxylation is 1. The van der Waals surface area contributed by atoms with E-state index in [9.17, 15) is 19.4 Å². The maximum atomic E-state index is 14.0. The Balaban J connectivity index is 1.41. The number of nitrogens with one attached hydrogen (secondary N) is 1. The number of benzene rings is 2. The van der Waals surface area contributed by atoms with Crippen molar-refractivity contribution in [2.45, 2.75) is 102 Å². The summed E-state index contributed by atoms with van der Waals surface area (Å²) in [5.41, 5.74) is 0.303. The standard InChI is InChI=1S/C33H45FN4O4/c1-31(2,34)29-36-28(37-42-29)13-6-5-9-22-38(30(39)35-21-20-33(41)18-7-8-19-33)27-12-10-11-25(23-27)24-14-16-26(17-15-24)32(3,4)40/h10-12,14-17,23,40-41H,5-9,13,18-22H2,1-4H3,(H,35,39). The minimum absolute atomic E-state index is 0.0165. The van der Waals surface area contributed by atoms with Gasteiger partial charge >= 0.3 is 6.03 Å². The average molecular weight is 581 g/mol. The molecule has 2 amide bonds. The second-order valence-electron chi connectivity index (χ2n) is 12.6. The highest BCUT2D eigenvalue weighted by Crippen LogP contribution is 2.32. The molecule has 1 aliphatic carbocycles. The van der Waals surface area contributed by atoms with Gasteiger partial charge in [0.15, 0.2) is 11.5 Å². The van der Waals surface area contributed by atoms with E-state index in [4.69, 9.17) is 4.52 Å². The number of alkyl halides is 1. The number of rotatable bonds is 13. The Kier molecular flexibility index (Phi) is 10.0. The monoisotopic (exact) mass is 580 g/mol. The number of carbonyl (C=O) groups excluding carboxylic acids is 1. The fourth-order valence-electron chi connectivity index (χ4n) is 5.38. The molecule has 42 heavy (non-hydrogen) atoms. The van der Waals surface area contributed by atoms with Gasteiger partial charge in [0.1, 0.15) is 0 Å². The van der Waals surface area contributed by atoms with Crippen LogP contribution < -0.4 is 10.2 Å². The topological polar surface area (TPSA) is 112 Å². The molecular formula is C33H45FN4O4. The van der Waals surface area contributed by atoms with Crippen LogP contribution in [0.25, 0.3) is 11.1 Å². The summed E-state index contributed by atoms with van der Waals surface area (Å²) in [6.45, 7) is 7.21. The number of hydrogen-bond acceptors (Lipinski definition) is 6. The molecule has 0 bridgehead atoms. The molecule has 0 aliphatic heterocycles. The normalized spacial score (nSPS) is 15.1. The molecule has 0 unspecified atom stereocenters. The first kappa shape index (κ1) is 31.6. The van der Waals surface area contributed by atoms with Crippen molar-refractivity contribution in [3.63, 3.8) is 0 Å². The van der Waals surface area contributed by atoms with Gasteiger partial charge in [0.2, 0.25) is 0 Å². The molecule has 0 saturated heterocycles. The van der Waals surface area contributed by atoms with E-state index in [0.29, 0.717) is 31.8 Å². The smallest absolute Gasteiger partial charge is 0.321 e. The van der Waals surface area contributed by atoms with Crippen molar-refractivity contribution >= 4 is 11.7 Å². The fraction of sp³-hybridized carbons (Fsp3) is 0.545. The number of anilines is 1. The second kappa shape index (κ2) is 13.3. The molecule has 1 heterocycles. The van der Waals surface area contributed by atoms with Crippen LogP contribution in [-0.2, 0) is 17.7 Å². The molecule has 0 atom stereocenters. The molecule has 0 radical (unpaired) electrons. The third-order valence-corrected chi connectivity index (χ3v) is 7.99. The van der Waals surface area contributed by atoms with Gasteiger partial charge in [-0.25, -0.2) is 9.18 Å². The van der Waals surface area contributed by atoms with Crippen molar-refractivity contribution < 1.29 is 23.9 Å². The van der Waals surface area contributed by atoms with E-state index in [1.54, 1.807) is 18.7 Å². The predicted octanol–water partition coefficient (Wildman–Crippen LogP) is 6.79. The van der Waals surface area contributed by atoms with Crippen LogP contribution in [0.15, 0.2) is 53.1 Å². The summed E-state index contributed by atoms with van der Waals surface area (Å²) in [4.78, 5) is 19.4. The molecule has 4 rings (SSSR count). The number of hydrogen-bond donors (Lipinski definition) is 3. The molecule has 228 valence electrons. The molecule has 8 nitrogen and oxygen atoms in total. The molecule has 2 aromatic carbocycles. The number of unbranched alkanes of at least 4 members (excludes halogenated alkanes) is 2. The van der Waals surface area contributed by atoms with Crippen LogP contribution in [0.4, 0.5) is 14.9 Å². The van der Waals surface area contributed by atoms with Gasteiger partial charge in [0, 0.05) is 25.2 Å². The molecule has 3 N–H and O–H groups in total. The minimum Gasteiger partial charge on any atom is -0.390 e. The van der Waals surface area contributed by atoms with E-state index in [0.717, 1.165) is 67.3 Å². The van der Waals surface area contributed by atoms with Crippen molar-refractivity contribution in [2.24, 2.45) is 0 Å². The van der Waals surface area contributed by atoms with Gasteiger partial charge in [-0.3, -0.25) is 4.90 Å². The first-order valence-electron chi connectivity index (χ1n) is 15.1. The number of nitrogens with zero attached hydrogens (tertiary/aromatic N) is 3. The highest BCUT2D eigenvalue weighted by atomic mass is 19.1. The Morgan fingerprint density at radius 2 is 1.76 bits per heavy atom. The van der Waals surface area contributed by atoms with Gasteiger partial charge < -0.3 is 20.1 Å². The Morgan fingerprint density at radius 1 is 1.05 bits per heavy atom. The second-order valence-corrected chi connectivity index (χ2v) is 12.6. The van der Waals surface area contributed by atoms with Gasteiger partial charge in [-0.1, -0.05) is 60.8 Å². The van der Waals surface area contributed by atoms with Crippen LogP contribution in [0.5, 0.6) is 0 Å². The first-order chi connectivity index (χ1) is 19.8. The summed E-state index contributed by atoms with van der Waals surface area (Å²) in [5.74, 6) is 0.468. The lowest BCUT2D eigenvalue weighted by molar-refractivity contribution is 0.0399. The van der Waals surface area contributed by atoms with E-state index >= 15 is 0 Å². The molecule has 1 aromatic heterocycles. The van der Waals surface area contributed by atoms with Crippen LogP contribution in [0.1, 0.15) is 96.3 Å². The van der Waals surface area contributed by atoms with Gasteiger partial charge in [0.25, 0.3) is 5.89 Å². The molecule has 3 aromatic rings. The van der Waals surface area contributed by atoms with Crippen LogP contribution in [-0.4, -0.2) is 45.1 Å². The zero-order valence-electron chi connectivity index (χ0n) is 25.3. The lowest BCUT2D eigenvalue weighted by Crippen LogP contribution is -2.42. The largest absolute Gasteiger partial charge is 0.390 e. The number of halogens is 1. The number of amides is 2. The SMILES string of the molecule is CC(C)(O)c1ccc(-c2cccc(N(CCCCCc3noc(C(C)(C)F)n3)C(=O)NCCC3(O)CCCC3)c2)cc1. The van der Waals surface area contributed by atoms with Crippen molar-refractivity contribution in [3.05, 3.63) is 65.8 Å². The van der Waals surface area contributed by atoms with Crippen molar-refractivity contribution in [3.8, 4) is 11.1 Å². The van der Waals surface area contributed by atoms with E-state index in [1.165, 1.54) is 13.8 Å². The summed E-state index contributed by atoms with van der Waals surface area (Å²) >= 11 is 0. The molecule has 9 heteroatoms. The maximum absolute atomic E-state index is 14.0. The fourth-order valence-corrected chi connectivity index (χ4v) is 5.38. The zero-order valence-corrected chi connectivity index (χ0v) is 25.3. The molecule has 1 fully saturated rings. The maximum Gasteiger partial charge on any atom is 0.321 e. The summed E-state index contributed by atoms with van der Waals surface area (Å²) in [6.07, 6.45) is 7.08. The van der Waals surface area contributed by atoms with E-state index in [2.05, 4.69) is 15.5 Å². The molecule has 1 aliphatic rings. The highest BCUT2D eigenvalue weighted by Gasteiger charge is 2.31. The molecule has 0 spiro atoms. The number of aromatic nitrogens is 2. The van der Waals surface area contributed by atoms with E-state index in [1.807, 2.05) is 48.5 Å². The molecular weight excluding hydrogens is 535 g/mol. The third kappa shape index (κ3) is 8.61. The van der Waals surface area contributed by atoms with E-state index < -0.39 is 16.9 Å². The Labute approximate surface area is 248 Å². The van der Waals surface area contributed by atoms with Gasteiger partial charge in [-0.05, 0) is 88.6 Å². The lowest BCUT2D eigenvalue weighted by atomic mass is 9.95. The van der Waals surface area contributed by atoms with Crippen LogP contribution in [0.3, 0.4) is 0 Å². The summed E-state index contributed by atoms with van der Waals surface area (Å²) in [6, 6.07) is 15.5. The van der Waals surface area contributed by atoms with Crippen molar-refractivity contribution in [2.75, 3.05) is 18.0 Å². The van der Waals surface area contributed by atoms with Crippen molar-refractivity contribution in [1.29, 1.82) is 0 Å². The van der Waals surface area contributed by atoms with E-state index in [-0.39, 0.29) is 11.9 Å². The zero-order chi connectivity index (χ0) is 30.4. The van der Waals surface area contributed by atoms with Crippen LogP contribution in [0.2, 0.25) is 0 Å². The quantitative estimate of drug-likeness (QED) is 0.192. The van der Waals surface area contributed by atoms with Crippen molar-refractivity contribution in [1.82, 2.24) is 15.5 Å². The summed E-state index contributed by atoms with van der Waals surface area (Å²) in [5, 5.41) is 27.9. The average Bonchev–Trinajstić information content (AvgIpc) is 3.60. The van der Waals surface area contributed by atoms with Gasteiger partial charge in [-0.2, -0.15) is 4.98 Å². The Hall–Kier alpha value is -3.30. The van der Waals surface area contributed by atoms with Gasteiger partial charge in [0.05, 0.1) is 11.2 Å². The number of aliphatic hydroxyl groups is 2. The Bertz CT molecular complexity index is 1300. The first-order valence-corrected chi connectivity index (χ1v) is 15.1. The minimum atomic E-state index is -1.67. The Morgan fingerprint density at radius 3 is 2.40 bits per heavy atom. The van der Waals surface area contributed by atoms with Crippen LogP contribution >= 0.6 is 0 Å².